The predicted octanol–water partition coefficient (Wildman–Crippen LogP) is 3.82. The molecule has 184 valence electrons. The summed E-state index contributed by atoms with van der Waals surface area (Å²) in [6.07, 6.45) is 6.18. The number of fused-ring (bicyclic) bond motifs is 1. The Hall–Kier alpha value is -3.79. The second-order valence-electron chi connectivity index (χ2n) is 8.58. The Morgan fingerprint density at radius 1 is 1.26 bits per heavy atom. The number of hydrogen-bond donors (Lipinski definition) is 2. The largest absolute Gasteiger partial charge is 0.493 e. The van der Waals surface area contributed by atoms with Gasteiger partial charge in [0.2, 0.25) is 0 Å². The molecule has 1 amide bonds. The van der Waals surface area contributed by atoms with Crippen LogP contribution in [0.5, 0.6) is 5.75 Å². The molecule has 0 spiro atoms. The van der Waals surface area contributed by atoms with Gasteiger partial charge in [-0.3, -0.25) is 9.48 Å². The van der Waals surface area contributed by atoms with E-state index >= 15 is 0 Å². The lowest BCUT2D eigenvalue weighted by Gasteiger charge is -2.34. The van der Waals surface area contributed by atoms with Gasteiger partial charge in [-0.15, -0.1) is 12.4 Å². The van der Waals surface area contributed by atoms with Crippen LogP contribution in [0.25, 0.3) is 10.9 Å². The van der Waals surface area contributed by atoms with E-state index in [1.807, 2.05) is 30.8 Å². The molecule has 4 aromatic rings. The van der Waals surface area contributed by atoms with Gasteiger partial charge in [0, 0.05) is 37.8 Å². The molecule has 1 aliphatic rings. The van der Waals surface area contributed by atoms with Crippen LogP contribution in [0, 0.1) is 12.8 Å². The van der Waals surface area contributed by atoms with Gasteiger partial charge in [0.05, 0.1) is 29.2 Å². The first-order valence-electron chi connectivity index (χ1n) is 11.2. The molecule has 5 rings (SSSR count). The predicted molar refractivity (Wildman–Crippen MR) is 136 cm³/mol. The molecular formula is C24H28ClN7O3. The third-order valence-corrected chi connectivity index (χ3v) is 6.26. The quantitative estimate of drug-likeness (QED) is 0.412. The van der Waals surface area contributed by atoms with Crippen molar-refractivity contribution in [2.24, 2.45) is 13.0 Å². The summed E-state index contributed by atoms with van der Waals surface area (Å²) < 4.78 is 12.7. The Bertz CT molecular complexity index is 1310. The Balaban J connectivity index is 0.00000289. The lowest BCUT2D eigenvalue weighted by atomic mass is 9.97. The third-order valence-electron chi connectivity index (χ3n) is 6.26. The van der Waals surface area contributed by atoms with E-state index < -0.39 is 0 Å². The standard InChI is InChI=1S/C24H27N7O3.ClH/c1-15-18-10-22(19(11-21(18)30(2)29-15)28-24(32)20-13-33-14-27-20)31-7-4-16(5-8-31)12-34-17-3-6-26-23(25)9-17;/h3,6,9-11,13-14,16H,4-5,7-8,12H2,1-2H3,(H2,25,26)(H,28,32);1H. The summed E-state index contributed by atoms with van der Waals surface area (Å²) in [4.78, 5) is 23.0. The van der Waals surface area contributed by atoms with Crippen LogP contribution in [-0.2, 0) is 7.05 Å². The number of nitrogens with one attached hydrogen (secondary N) is 1. The molecule has 35 heavy (non-hydrogen) atoms. The number of nitrogens with two attached hydrogens (primary N) is 1. The van der Waals surface area contributed by atoms with E-state index in [9.17, 15) is 4.79 Å². The van der Waals surface area contributed by atoms with Crippen LogP contribution in [0.2, 0.25) is 0 Å². The molecule has 1 aliphatic heterocycles. The SMILES string of the molecule is Cc1nn(C)c2cc(NC(=O)c3cocn3)c(N3CCC(COc4ccnc(N)c4)CC3)cc12.Cl. The lowest BCUT2D eigenvalue weighted by Crippen LogP contribution is -2.36. The maximum absolute atomic E-state index is 12.7. The fourth-order valence-corrected chi connectivity index (χ4v) is 4.41. The highest BCUT2D eigenvalue weighted by atomic mass is 35.5. The second kappa shape index (κ2) is 10.2. The van der Waals surface area contributed by atoms with Gasteiger partial charge in [-0.1, -0.05) is 0 Å². The molecule has 3 aromatic heterocycles. The minimum Gasteiger partial charge on any atom is -0.493 e. The molecule has 11 heteroatoms. The first-order chi connectivity index (χ1) is 16.5. The number of benzene rings is 1. The Morgan fingerprint density at radius 3 is 2.77 bits per heavy atom. The lowest BCUT2D eigenvalue weighted by molar-refractivity contribution is 0.102. The number of carbonyl (C=O) groups excluding carboxylic acids is 1. The van der Waals surface area contributed by atoms with Crippen molar-refractivity contribution in [3.05, 3.63) is 54.5 Å². The number of hydrogen-bond acceptors (Lipinski definition) is 8. The van der Waals surface area contributed by atoms with Crippen LogP contribution in [-0.4, -0.2) is 45.4 Å². The molecule has 0 saturated carbocycles. The Labute approximate surface area is 208 Å². The number of anilines is 3. The fourth-order valence-electron chi connectivity index (χ4n) is 4.41. The first kappa shape index (κ1) is 24.3. The summed E-state index contributed by atoms with van der Waals surface area (Å²) in [5.41, 5.74) is 9.58. The smallest absolute Gasteiger partial charge is 0.277 e. The van der Waals surface area contributed by atoms with Crippen molar-refractivity contribution in [3.63, 3.8) is 0 Å². The second-order valence-corrected chi connectivity index (χ2v) is 8.58. The van der Waals surface area contributed by atoms with Crippen molar-refractivity contribution < 1.29 is 13.9 Å². The average molecular weight is 498 g/mol. The molecule has 3 N–H and O–H groups in total. The Morgan fingerprint density at radius 2 is 2.06 bits per heavy atom. The first-order valence-corrected chi connectivity index (χ1v) is 11.2. The number of halogens is 1. The van der Waals surface area contributed by atoms with E-state index in [0.717, 1.165) is 59.7 Å². The molecule has 0 unspecified atom stereocenters. The van der Waals surface area contributed by atoms with E-state index in [2.05, 4.69) is 31.3 Å². The number of carbonyl (C=O) groups is 1. The van der Waals surface area contributed by atoms with E-state index in [1.165, 1.54) is 12.7 Å². The molecule has 0 bridgehead atoms. The minimum absolute atomic E-state index is 0. The van der Waals surface area contributed by atoms with Crippen molar-refractivity contribution in [1.29, 1.82) is 0 Å². The van der Waals surface area contributed by atoms with Crippen LogP contribution < -0.4 is 20.7 Å². The van der Waals surface area contributed by atoms with E-state index in [4.69, 9.17) is 14.9 Å². The molecule has 1 fully saturated rings. The maximum atomic E-state index is 12.7. The number of ether oxygens (including phenoxy) is 1. The highest BCUT2D eigenvalue weighted by Gasteiger charge is 2.24. The summed E-state index contributed by atoms with van der Waals surface area (Å²) in [5.74, 6) is 1.31. The van der Waals surface area contributed by atoms with E-state index in [-0.39, 0.29) is 24.0 Å². The summed E-state index contributed by atoms with van der Waals surface area (Å²) in [7, 11) is 1.90. The normalized spacial score (nSPS) is 14.1. The number of aryl methyl sites for hydroxylation is 2. The molecule has 0 radical (unpaired) electrons. The summed E-state index contributed by atoms with van der Waals surface area (Å²) in [5, 5.41) is 8.63. The van der Waals surface area contributed by atoms with Gasteiger partial charge in [0.25, 0.3) is 5.91 Å². The molecule has 1 aromatic carbocycles. The zero-order valence-corrected chi connectivity index (χ0v) is 20.4. The molecule has 0 atom stereocenters. The summed E-state index contributed by atoms with van der Waals surface area (Å²) >= 11 is 0. The average Bonchev–Trinajstić information content (AvgIpc) is 3.46. The van der Waals surface area contributed by atoms with Crippen LogP contribution in [0.4, 0.5) is 17.2 Å². The highest BCUT2D eigenvalue weighted by Crippen LogP contribution is 2.35. The number of amides is 1. The number of rotatable bonds is 6. The summed E-state index contributed by atoms with van der Waals surface area (Å²) in [6, 6.07) is 7.66. The zero-order valence-electron chi connectivity index (χ0n) is 19.6. The fraction of sp³-hybridized carbons (Fsp3) is 0.333. The van der Waals surface area contributed by atoms with Gasteiger partial charge >= 0.3 is 0 Å². The van der Waals surface area contributed by atoms with Crippen LogP contribution >= 0.6 is 12.4 Å². The van der Waals surface area contributed by atoms with Gasteiger partial charge in [-0.2, -0.15) is 5.10 Å². The number of nitrogen functional groups attached to an aromatic ring is 1. The number of nitrogens with zero attached hydrogens (tertiary/aromatic N) is 5. The van der Waals surface area contributed by atoms with Crippen LogP contribution in [0.1, 0.15) is 29.0 Å². The van der Waals surface area contributed by atoms with Crippen molar-refractivity contribution >= 4 is 46.4 Å². The number of pyridine rings is 1. The van der Waals surface area contributed by atoms with E-state index in [1.54, 1.807) is 12.3 Å². The molecular weight excluding hydrogens is 470 g/mol. The van der Waals surface area contributed by atoms with Crippen molar-refractivity contribution in [3.8, 4) is 5.75 Å². The molecule has 1 saturated heterocycles. The van der Waals surface area contributed by atoms with Gasteiger partial charge in [-0.05, 0) is 43.9 Å². The van der Waals surface area contributed by atoms with Gasteiger partial charge in [0.15, 0.2) is 12.1 Å². The molecule has 10 nitrogen and oxygen atoms in total. The number of oxazole rings is 1. The van der Waals surface area contributed by atoms with Crippen molar-refractivity contribution in [2.75, 3.05) is 35.6 Å². The monoisotopic (exact) mass is 497 g/mol. The van der Waals surface area contributed by atoms with Crippen LogP contribution in [0.3, 0.4) is 0 Å². The number of aromatic nitrogens is 4. The van der Waals surface area contributed by atoms with E-state index in [0.29, 0.717) is 18.3 Å². The minimum atomic E-state index is -0.312. The van der Waals surface area contributed by atoms with Crippen molar-refractivity contribution in [2.45, 2.75) is 19.8 Å². The van der Waals surface area contributed by atoms with Gasteiger partial charge < -0.3 is 25.1 Å². The van der Waals surface area contributed by atoms with Crippen LogP contribution in [0.15, 0.2) is 47.5 Å². The maximum Gasteiger partial charge on any atom is 0.277 e. The topological polar surface area (TPSA) is 124 Å². The third kappa shape index (κ3) is 5.17. The van der Waals surface area contributed by atoms with Crippen molar-refractivity contribution in [1.82, 2.24) is 19.7 Å². The molecule has 0 aliphatic carbocycles. The summed E-state index contributed by atoms with van der Waals surface area (Å²) in [6.45, 7) is 4.33. The van der Waals surface area contributed by atoms with Gasteiger partial charge in [0.1, 0.15) is 17.8 Å². The molecule has 4 heterocycles. The Kier molecular flexibility index (Phi) is 7.11. The highest BCUT2D eigenvalue weighted by molar-refractivity contribution is 6.06. The number of piperidine rings is 1. The van der Waals surface area contributed by atoms with Gasteiger partial charge in [-0.25, -0.2) is 9.97 Å². The zero-order chi connectivity index (χ0) is 23.7.